The third-order valence-electron chi connectivity index (χ3n) is 6.10. The molecule has 134 valence electrons. The fraction of sp³-hybridized carbons (Fsp3) is 0.632. The van der Waals surface area contributed by atoms with Crippen LogP contribution in [0.25, 0.3) is 0 Å². The van der Waals surface area contributed by atoms with E-state index in [1.807, 2.05) is 4.90 Å². The number of carbonyl (C=O) groups excluding carboxylic acids is 2. The Morgan fingerprint density at radius 1 is 1.20 bits per heavy atom. The minimum atomic E-state index is -0.170. The Morgan fingerprint density at radius 2 is 1.92 bits per heavy atom. The van der Waals surface area contributed by atoms with Crippen molar-refractivity contribution < 1.29 is 9.59 Å². The number of amides is 2. The summed E-state index contributed by atoms with van der Waals surface area (Å²) < 4.78 is 1.41. The van der Waals surface area contributed by atoms with Crippen molar-refractivity contribution in [2.24, 2.45) is 18.4 Å². The highest BCUT2D eigenvalue weighted by Crippen LogP contribution is 2.42. The number of nitrogens with zero attached hydrogens (tertiary/aromatic N) is 3. The average Bonchev–Trinajstić information content (AvgIpc) is 3.35. The lowest BCUT2D eigenvalue weighted by atomic mass is 9.77. The molecule has 1 aliphatic carbocycles. The molecule has 1 aromatic rings. The molecular weight excluding hydrogens is 318 g/mol. The molecule has 2 saturated heterocycles. The van der Waals surface area contributed by atoms with Gasteiger partial charge in [0.05, 0.1) is 0 Å². The number of rotatable bonds is 3. The normalized spacial score (nSPS) is 22.7. The first-order chi connectivity index (χ1) is 12.0. The molecule has 0 N–H and O–H groups in total. The molecule has 3 heterocycles. The molecule has 6 heteroatoms. The standard InChI is InChI=1S/C19H25N3O3/c1-20-15(3-2-4-16(20)23)18(25)21-9-7-19(8-10-21)11-17(24)22(13-19)12-14-5-6-14/h2-4,14H,5-13H2,1H3. The van der Waals surface area contributed by atoms with Gasteiger partial charge in [0.2, 0.25) is 5.91 Å². The predicted octanol–water partition coefficient (Wildman–Crippen LogP) is 1.25. The topological polar surface area (TPSA) is 62.6 Å². The number of carbonyl (C=O) groups is 2. The lowest BCUT2D eigenvalue weighted by Gasteiger charge is -2.39. The maximum absolute atomic E-state index is 12.7. The van der Waals surface area contributed by atoms with Crippen molar-refractivity contribution in [3.05, 3.63) is 34.2 Å². The molecule has 1 saturated carbocycles. The summed E-state index contributed by atoms with van der Waals surface area (Å²) in [6, 6.07) is 4.79. The highest BCUT2D eigenvalue weighted by atomic mass is 16.2. The molecule has 25 heavy (non-hydrogen) atoms. The summed E-state index contributed by atoms with van der Waals surface area (Å²) in [5.74, 6) is 0.923. The van der Waals surface area contributed by atoms with E-state index in [4.69, 9.17) is 0 Å². The fourth-order valence-electron chi connectivity index (χ4n) is 4.22. The molecule has 0 bridgehead atoms. The van der Waals surface area contributed by atoms with Crippen LogP contribution in [0.15, 0.2) is 23.0 Å². The zero-order valence-electron chi connectivity index (χ0n) is 14.7. The summed E-state index contributed by atoms with van der Waals surface area (Å²) in [4.78, 5) is 40.7. The Hall–Kier alpha value is -2.11. The van der Waals surface area contributed by atoms with Gasteiger partial charge in [0.25, 0.3) is 11.5 Å². The van der Waals surface area contributed by atoms with Gasteiger partial charge in [-0.1, -0.05) is 6.07 Å². The van der Waals surface area contributed by atoms with Crippen molar-refractivity contribution in [3.63, 3.8) is 0 Å². The van der Waals surface area contributed by atoms with Crippen molar-refractivity contribution in [2.45, 2.75) is 32.1 Å². The largest absolute Gasteiger partial charge is 0.342 e. The molecule has 2 aliphatic heterocycles. The molecule has 1 aromatic heterocycles. The van der Waals surface area contributed by atoms with Gasteiger partial charge < -0.3 is 14.4 Å². The van der Waals surface area contributed by atoms with E-state index in [-0.39, 0.29) is 22.8 Å². The van der Waals surface area contributed by atoms with Crippen LogP contribution in [0.4, 0.5) is 0 Å². The second-order valence-electron chi connectivity index (χ2n) is 7.99. The molecule has 0 atom stereocenters. The van der Waals surface area contributed by atoms with E-state index >= 15 is 0 Å². The molecule has 2 amide bonds. The zero-order valence-corrected chi connectivity index (χ0v) is 14.7. The van der Waals surface area contributed by atoms with Crippen LogP contribution in [0, 0.1) is 11.3 Å². The lowest BCUT2D eigenvalue weighted by Crippen LogP contribution is -2.45. The fourth-order valence-corrected chi connectivity index (χ4v) is 4.22. The van der Waals surface area contributed by atoms with Crippen molar-refractivity contribution in [3.8, 4) is 0 Å². The summed E-state index contributed by atoms with van der Waals surface area (Å²) in [6.07, 6.45) is 4.88. The molecule has 3 aliphatic rings. The van der Waals surface area contributed by atoms with Gasteiger partial charge in [0, 0.05) is 51.1 Å². The molecule has 0 aromatic carbocycles. The quantitative estimate of drug-likeness (QED) is 0.830. The maximum atomic E-state index is 12.7. The molecule has 0 unspecified atom stereocenters. The van der Waals surface area contributed by atoms with Gasteiger partial charge >= 0.3 is 0 Å². The van der Waals surface area contributed by atoms with Crippen molar-refractivity contribution >= 4 is 11.8 Å². The monoisotopic (exact) mass is 343 g/mol. The molecule has 4 rings (SSSR count). The van der Waals surface area contributed by atoms with E-state index in [9.17, 15) is 14.4 Å². The number of hydrogen-bond acceptors (Lipinski definition) is 3. The summed E-state index contributed by atoms with van der Waals surface area (Å²) in [7, 11) is 1.63. The predicted molar refractivity (Wildman–Crippen MR) is 93.2 cm³/mol. The van der Waals surface area contributed by atoms with Gasteiger partial charge in [0.15, 0.2) is 0 Å². The van der Waals surface area contributed by atoms with Crippen LogP contribution in [-0.4, -0.2) is 52.4 Å². The molecule has 0 radical (unpaired) electrons. The molecular formula is C19H25N3O3. The molecule has 1 spiro atoms. The highest BCUT2D eigenvalue weighted by Gasteiger charge is 2.46. The van der Waals surface area contributed by atoms with E-state index < -0.39 is 0 Å². The highest BCUT2D eigenvalue weighted by molar-refractivity contribution is 5.92. The lowest BCUT2D eigenvalue weighted by molar-refractivity contribution is -0.128. The van der Waals surface area contributed by atoms with Gasteiger partial charge in [-0.15, -0.1) is 0 Å². The van der Waals surface area contributed by atoms with Gasteiger partial charge in [0.1, 0.15) is 5.69 Å². The Morgan fingerprint density at radius 3 is 2.60 bits per heavy atom. The Kier molecular flexibility index (Phi) is 3.93. The van der Waals surface area contributed by atoms with Crippen LogP contribution < -0.4 is 5.56 Å². The molecule has 3 fully saturated rings. The van der Waals surface area contributed by atoms with E-state index in [0.29, 0.717) is 25.2 Å². The zero-order chi connectivity index (χ0) is 17.6. The summed E-state index contributed by atoms with van der Waals surface area (Å²) >= 11 is 0. The van der Waals surface area contributed by atoms with Crippen molar-refractivity contribution in [2.75, 3.05) is 26.2 Å². The van der Waals surface area contributed by atoms with Crippen molar-refractivity contribution in [1.82, 2.24) is 14.4 Å². The van der Waals surface area contributed by atoms with E-state index in [2.05, 4.69) is 4.90 Å². The first-order valence-electron chi connectivity index (χ1n) is 9.21. The Labute approximate surface area is 147 Å². The van der Waals surface area contributed by atoms with Crippen LogP contribution in [0.2, 0.25) is 0 Å². The van der Waals surface area contributed by atoms with E-state index in [1.165, 1.54) is 23.5 Å². The minimum absolute atomic E-state index is 0.0469. The number of aromatic nitrogens is 1. The van der Waals surface area contributed by atoms with Crippen LogP contribution >= 0.6 is 0 Å². The average molecular weight is 343 g/mol. The van der Waals surface area contributed by atoms with Gasteiger partial charge in [-0.05, 0) is 37.7 Å². The summed E-state index contributed by atoms with van der Waals surface area (Å²) in [6.45, 7) is 3.10. The maximum Gasteiger partial charge on any atom is 0.270 e. The van der Waals surface area contributed by atoms with Crippen LogP contribution in [0.5, 0.6) is 0 Å². The summed E-state index contributed by atoms with van der Waals surface area (Å²) in [5, 5.41) is 0. The number of hydrogen-bond donors (Lipinski definition) is 0. The van der Waals surface area contributed by atoms with Gasteiger partial charge in [-0.2, -0.15) is 0 Å². The summed E-state index contributed by atoms with van der Waals surface area (Å²) in [5.41, 5.74) is 0.309. The van der Waals surface area contributed by atoms with Crippen LogP contribution in [0.1, 0.15) is 42.6 Å². The minimum Gasteiger partial charge on any atom is -0.342 e. The van der Waals surface area contributed by atoms with Crippen molar-refractivity contribution in [1.29, 1.82) is 0 Å². The number of pyridine rings is 1. The number of piperidine rings is 1. The van der Waals surface area contributed by atoms with Gasteiger partial charge in [-0.25, -0.2) is 0 Å². The SMILES string of the molecule is Cn1c(C(=O)N2CCC3(CC2)CC(=O)N(CC2CC2)C3)cccc1=O. The number of likely N-dealkylation sites (tertiary alicyclic amines) is 2. The second kappa shape index (κ2) is 6.00. The smallest absolute Gasteiger partial charge is 0.270 e. The van der Waals surface area contributed by atoms with Crippen LogP contribution in [0.3, 0.4) is 0 Å². The van der Waals surface area contributed by atoms with Gasteiger partial charge in [-0.3, -0.25) is 14.4 Å². The Bertz CT molecular complexity index is 757. The third kappa shape index (κ3) is 3.10. The first-order valence-corrected chi connectivity index (χ1v) is 9.21. The van der Waals surface area contributed by atoms with E-state index in [1.54, 1.807) is 19.2 Å². The molecule has 6 nitrogen and oxygen atoms in total. The second-order valence-corrected chi connectivity index (χ2v) is 7.99. The third-order valence-corrected chi connectivity index (χ3v) is 6.10. The van der Waals surface area contributed by atoms with E-state index in [0.717, 1.165) is 31.8 Å². The first kappa shape index (κ1) is 16.4. The van der Waals surface area contributed by atoms with Crippen LogP contribution in [-0.2, 0) is 11.8 Å². The Balaban J connectivity index is 1.41.